The molecule has 1 aromatic rings. The first-order valence-corrected chi connectivity index (χ1v) is 8.79. The number of nitro groups is 1. The Kier molecular flexibility index (Phi) is 5.01. The summed E-state index contributed by atoms with van der Waals surface area (Å²) in [5, 5.41) is 10.6. The molecule has 1 aliphatic rings. The molecule has 24 heavy (non-hydrogen) atoms. The average Bonchev–Trinajstić information content (AvgIpc) is 2.86. The molecule has 0 amide bonds. The molecule has 0 saturated carbocycles. The van der Waals surface area contributed by atoms with E-state index in [9.17, 15) is 18.5 Å². The Morgan fingerprint density at radius 3 is 2.38 bits per heavy atom. The van der Waals surface area contributed by atoms with Gasteiger partial charge in [-0.15, -0.1) is 0 Å². The molecule has 0 N–H and O–H groups in total. The summed E-state index contributed by atoms with van der Waals surface area (Å²) in [6.07, 6.45) is -0.306. The first-order valence-electron chi connectivity index (χ1n) is 7.39. The van der Waals surface area contributed by atoms with Crippen molar-refractivity contribution in [2.75, 3.05) is 13.2 Å². The topological polar surface area (TPSA) is 105 Å². The van der Waals surface area contributed by atoms with Gasteiger partial charge in [0.25, 0.3) is 15.8 Å². The molecule has 0 spiro atoms. The number of benzene rings is 1. The molecule has 1 aliphatic heterocycles. The van der Waals surface area contributed by atoms with Crippen molar-refractivity contribution in [3.05, 3.63) is 34.4 Å². The third-order valence-corrected chi connectivity index (χ3v) is 5.08. The summed E-state index contributed by atoms with van der Waals surface area (Å²) in [5.74, 6) is -0.709. The van der Waals surface area contributed by atoms with E-state index in [1.54, 1.807) is 13.8 Å². The molecule has 0 radical (unpaired) electrons. The van der Waals surface area contributed by atoms with Crippen LogP contribution in [0.3, 0.4) is 0 Å². The maximum Gasteiger partial charge on any atom is 0.297 e. The smallest absolute Gasteiger partial charge is 0.297 e. The van der Waals surface area contributed by atoms with Crippen LogP contribution in [0.2, 0.25) is 0 Å². The quantitative estimate of drug-likeness (QED) is 0.436. The molecule has 0 aliphatic carbocycles. The second-order valence-corrected chi connectivity index (χ2v) is 8.39. The van der Waals surface area contributed by atoms with Gasteiger partial charge in [0.2, 0.25) is 0 Å². The van der Waals surface area contributed by atoms with Gasteiger partial charge >= 0.3 is 0 Å². The molecular weight excluding hydrogens is 338 g/mol. The summed E-state index contributed by atoms with van der Waals surface area (Å²) >= 11 is 0. The van der Waals surface area contributed by atoms with Gasteiger partial charge in [0.1, 0.15) is 0 Å². The van der Waals surface area contributed by atoms with Crippen molar-refractivity contribution in [1.82, 2.24) is 0 Å². The van der Waals surface area contributed by atoms with E-state index in [2.05, 4.69) is 0 Å². The Labute approximate surface area is 141 Å². The predicted octanol–water partition coefficient (Wildman–Crippen LogP) is 2.48. The number of nitro benzene ring substituents is 1. The van der Waals surface area contributed by atoms with Gasteiger partial charge in [0, 0.05) is 17.5 Å². The summed E-state index contributed by atoms with van der Waals surface area (Å²) in [5.41, 5.74) is -0.783. The third kappa shape index (κ3) is 4.29. The highest BCUT2D eigenvalue weighted by Crippen LogP contribution is 2.34. The SMILES string of the molecule is CC1(C)OCC(C(C)(C)COS(=O)(=O)c2ccc([N+](=O)[O-])cc2)O1. The van der Waals surface area contributed by atoms with Gasteiger partial charge in [-0.1, -0.05) is 13.8 Å². The summed E-state index contributed by atoms with van der Waals surface area (Å²) in [6.45, 7) is 7.48. The zero-order valence-corrected chi connectivity index (χ0v) is 14.8. The van der Waals surface area contributed by atoms with Crippen LogP contribution in [0.5, 0.6) is 0 Å². The lowest BCUT2D eigenvalue weighted by atomic mass is 9.88. The van der Waals surface area contributed by atoms with Gasteiger partial charge in [-0.2, -0.15) is 8.42 Å². The number of nitrogens with zero attached hydrogens (tertiary/aromatic N) is 1. The fourth-order valence-corrected chi connectivity index (χ4v) is 3.26. The van der Waals surface area contributed by atoms with Crippen LogP contribution in [-0.2, 0) is 23.8 Å². The van der Waals surface area contributed by atoms with Gasteiger partial charge in [0.05, 0.1) is 29.1 Å². The van der Waals surface area contributed by atoms with E-state index in [0.717, 1.165) is 24.3 Å². The summed E-state index contributed by atoms with van der Waals surface area (Å²) in [7, 11) is -4.01. The van der Waals surface area contributed by atoms with Crippen LogP contribution in [0, 0.1) is 15.5 Å². The average molecular weight is 359 g/mol. The normalized spacial score (nSPS) is 20.9. The number of non-ortho nitro benzene ring substituents is 1. The Hall–Kier alpha value is -1.55. The molecule has 1 aromatic carbocycles. The van der Waals surface area contributed by atoms with Crippen LogP contribution in [-0.4, -0.2) is 38.4 Å². The number of ether oxygens (including phenoxy) is 2. The summed E-state index contributed by atoms with van der Waals surface area (Å²) < 4.78 is 40.9. The van der Waals surface area contributed by atoms with E-state index in [-0.39, 0.29) is 23.3 Å². The molecule has 1 unspecified atom stereocenters. The molecule has 9 heteroatoms. The molecule has 1 atom stereocenters. The molecule has 0 bridgehead atoms. The molecule has 1 heterocycles. The van der Waals surface area contributed by atoms with Crippen LogP contribution in [0.25, 0.3) is 0 Å². The number of hydrogen-bond donors (Lipinski definition) is 0. The van der Waals surface area contributed by atoms with Crippen molar-refractivity contribution >= 4 is 15.8 Å². The Morgan fingerprint density at radius 1 is 1.33 bits per heavy atom. The Bertz CT molecular complexity index is 710. The van der Waals surface area contributed by atoms with Gasteiger partial charge in [-0.25, -0.2) is 0 Å². The molecule has 134 valence electrons. The largest absolute Gasteiger partial charge is 0.348 e. The minimum absolute atomic E-state index is 0.101. The third-order valence-electron chi connectivity index (χ3n) is 3.80. The minimum atomic E-state index is -4.01. The zero-order chi connectivity index (χ0) is 18.2. The fourth-order valence-electron chi connectivity index (χ4n) is 2.20. The summed E-state index contributed by atoms with van der Waals surface area (Å²) in [4.78, 5) is 9.89. The first-order chi connectivity index (χ1) is 10.9. The number of rotatable bonds is 6. The van der Waals surface area contributed by atoms with Gasteiger partial charge in [-0.3, -0.25) is 14.3 Å². The van der Waals surface area contributed by atoms with Crippen molar-refractivity contribution < 1.29 is 27.0 Å². The van der Waals surface area contributed by atoms with Crippen molar-refractivity contribution in [3.8, 4) is 0 Å². The highest BCUT2D eigenvalue weighted by molar-refractivity contribution is 7.86. The van der Waals surface area contributed by atoms with E-state index in [1.807, 2.05) is 13.8 Å². The lowest BCUT2D eigenvalue weighted by Gasteiger charge is -2.30. The lowest BCUT2D eigenvalue weighted by molar-refractivity contribution is -0.384. The van der Waals surface area contributed by atoms with E-state index >= 15 is 0 Å². The molecule has 1 saturated heterocycles. The predicted molar refractivity (Wildman–Crippen MR) is 84.9 cm³/mol. The Balaban J connectivity index is 2.05. The van der Waals surface area contributed by atoms with E-state index < -0.39 is 26.2 Å². The number of hydrogen-bond acceptors (Lipinski definition) is 7. The van der Waals surface area contributed by atoms with Crippen LogP contribution in [0.4, 0.5) is 5.69 Å². The van der Waals surface area contributed by atoms with Crippen LogP contribution in [0.1, 0.15) is 27.7 Å². The van der Waals surface area contributed by atoms with Gasteiger partial charge < -0.3 is 9.47 Å². The first kappa shape index (κ1) is 18.8. The maximum absolute atomic E-state index is 12.2. The van der Waals surface area contributed by atoms with E-state index in [0.29, 0.717) is 6.61 Å². The van der Waals surface area contributed by atoms with E-state index in [4.69, 9.17) is 13.7 Å². The van der Waals surface area contributed by atoms with Crippen molar-refractivity contribution in [2.24, 2.45) is 5.41 Å². The lowest BCUT2D eigenvalue weighted by Crippen LogP contribution is -2.37. The van der Waals surface area contributed by atoms with Crippen molar-refractivity contribution in [2.45, 2.75) is 44.5 Å². The Morgan fingerprint density at radius 2 is 1.92 bits per heavy atom. The summed E-state index contributed by atoms with van der Waals surface area (Å²) in [6, 6.07) is 4.55. The molecular formula is C15H21NO7S. The zero-order valence-electron chi connectivity index (χ0n) is 14.0. The minimum Gasteiger partial charge on any atom is -0.348 e. The monoisotopic (exact) mass is 359 g/mol. The van der Waals surface area contributed by atoms with Crippen LogP contribution < -0.4 is 0 Å². The van der Waals surface area contributed by atoms with Crippen LogP contribution >= 0.6 is 0 Å². The van der Waals surface area contributed by atoms with Gasteiger partial charge in [-0.05, 0) is 26.0 Å². The maximum atomic E-state index is 12.2. The molecule has 1 fully saturated rings. The highest BCUT2D eigenvalue weighted by Gasteiger charge is 2.42. The van der Waals surface area contributed by atoms with Crippen molar-refractivity contribution in [1.29, 1.82) is 0 Å². The highest BCUT2D eigenvalue weighted by atomic mass is 32.2. The molecule has 2 rings (SSSR count). The fraction of sp³-hybridized carbons (Fsp3) is 0.600. The standard InChI is InChI=1S/C15H21NO7S/c1-14(2,13-9-21-15(3,4)23-13)10-22-24(19,20)12-7-5-11(6-8-12)16(17)18/h5-8,13H,9-10H2,1-4H3. The van der Waals surface area contributed by atoms with Crippen molar-refractivity contribution in [3.63, 3.8) is 0 Å². The van der Waals surface area contributed by atoms with Crippen LogP contribution in [0.15, 0.2) is 29.2 Å². The molecule has 0 aromatic heterocycles. The van der Waals surface area contributed by atoms with E-state index in [1.165, 1.54) is 0 Å². The second-order valence-electron chi connectivity index (χ2n) is 6.77. The second kappa shape index (κ2) is 6.40. The molecule has 8 nitrogen and oxygen atoms in total. The van der Waals surface area contributed by atoms with Gasteiger partial charge in [0.15, 0.2) is 5.79 Å².